The Morgan fingerprint density at radius 3 is 2.26 bits per heavy atom. The summed E-state index contributed by atoms with van der Waals surface area (Å²) in [6, 6.07) is 6.97. The number of phenolic OH excluding ortho intramolecular Hbond substituents is 1. The molecule has 1 aromatic carbocycles. The summed E-state index contributed by atoms with van der Waals surface area (Å²) >= 11 is 0. The maximum absolute atomic E-state index is 9.22. The second-order valence-corrected chi connectivity index (χ2v) is 6.41. The number of likely N-dealkylation sites (tertiary alicyclic amines) is 1. The summed E-state index contributed by atoms with van der Waals surface area (Å²) in [7, 11) is 0. The number of benzene rings is 1. The molecule has 19 heavy (non-hydrogen) atoms. The van der Waals surface area contributed by atoms with Gasteiger partial charge in [0.1, 0.15) is 11.5 Å². The second kappa shape index (κ2) is 5.83. The van der Waals surface area contributed by atoms with E-state index in [-0.39, 0.29) is 11.3 Å². The van der Waals surface area contributed by atoms with Crippen LogP contribution in [0.1, 0.15) is 33.6 Å². The van der Waals surface area contributed by atoms with Gasteiger partial charge in [-0.1, -0.05) is 0 Å². The van der Waals surface area contributed by atoms with Crippen LogP contribution in [0.3, 0.4) is 0 Å². The van der Waals surface area contributed by atoms with E-state index in [1.54, 1.807) is 12.1 Å². The predicted octanol–water partition coefficient (Wildman–Crippen LogP) is 3.28. The van der Waals surface area contributed by atoms with Crippen LogP contribution in [0.15, 0.2) is 24.3 Å². The molecule has 1 aromatic rings. The average Bonchev–Trinajstić information content (AvgIpc) is 2.37. The molecule has 3 heteroatoms. The summed E-state index contributed by atoms with van der Waals surface area (Å²) in [6.45, 7) is 9.93. The molecule has 0 atom stereocenters. The van der Waals surface area contributed by atoms with Crippen molar-refractivity contribution in [3.05, 3.63) is 24.3 Å². The molecule has 0 radical (unpaired) electrons. The minimum Gasteiger partial charge on any atom is -0.508 e. The summed E-state index contributed by atoms with van der Waals surface area (Å²) < 4.78 is 5.79. The van der Waals surface area contributed by atoms with Crippen molar-refractivity contribution in [2.24, 2.45) is 5.92 Å². The van der Waals surface area contributed by atoms with E-state index in [0.29, 0.717) is 5.92 Å². The molecule has 1 fully saturated rings. The Balaban J connectivity index is 1.75. The first-order valence-electron chi connectivity index (χ1n) is 7.12. The van der Waals surface area contributed by atoms with Crippen molar-refractivity contribution in [3.63, 3.8) is 0 Å². The van der Waals surface area contributed by atoms with Gasteiger partial charge in [0.05, 0.1) is 6.61 Å². The maximum Gasteiger partial charge on any atom is 0.119 e. The zero-order valence-corrected chi connectivity index (χ0v) is 12.2. The minimum atomic E-state index is 0.281. The zero-order valence-electron chi connectivity index (χ0n) is 12.2. The molecule has 0 spiro atoms. The second-order valence-electron chi connectivity index (χ2n) is 6.41. The molecule has 106 valence electrons. The molecular formula is C16H25NO2. The molecule has 3 nitrogen and oxygen atoms in total. The zero-order chi connectivity index (χ0) is 13.9. The Labute approximate surface area is 116 Å². The Morgan fingerprint density at radius 1 is 1.16 bits per heavy atom. The highest BCUT2D eigenvalue weighted by Crippen LogP contribution is 2.25. The number of ether oxygens (including phenoxy) is 1. The molecule has 0 bridgehead atoms. The van der Waals surface area contributed by atoms with Crippen LogP contribution in [0, 0.1) is 5.92 Å². The third-order valence-corrected chi connectivity index (χ3v) is 3.89. The van der Waals surface area contributed by atoms with Gasteiger partial charge in [-0.25, -0.2) is 0 Å². The van der Waals surface area contributed by atoms with Gasteiger partial charge in [0, 0.05) is 5.54 Å². The van der Waals surface area contributed by atoms with Crippen LogP contribution in [0.4, 0.5) is 0 Å². The van der Waals surface area contributed by atoms with Crippen LogP contribution in [0.5, 0.6) is 11.5 Å². The molecule has 0 aliphatic carbocycles. The largest absolute Gasteiger partial charge is 0.508 e. The van der Waals surface area contributed by atoms with Crippen LogP contribution in [-0.4, -0.2) is 35.2 Å². The monoisotopic (exact) mass is 263 g/mol. The fraction of sp³-hybridized carbons (Fsp3) is 0.625. The summed E-state index contributed by atoms with van der Waals surface area (Å²) in [5.74, 6) is 1.77. The predicted molar refractivity (Wildman–Crippen MR) is 77.7 cm³/mol. The van der Waals surface area contributed by atoms with Crippen molar-refractivity contribution in [2.45, 2.75) is 39.2 Å². The number of piperidine rings is 1. The molecule has 0 aromatic heterocycles. The normalized spacial score (nSPS) is 18.5. The van der Waals surface area contributed by atoms with Gasteiger partial charge < -0.3 is 9.84 Å². The lowest BCUT2D eigenvalue weighted by atomic mass is 9.94. The average molecular weight is 263 g/mol. The Hall–Kier alpha value is -1.22. The number of hydrogen-bond acceptors (Lipinski definition) is 3. The van der Waals surface area contributed by atoms with Crippen LogP contribution in [0.25, 0.3) is 0 Å². The van der Waals surface area contributed by atoms with E-state index in [9.17, 15) is 5.11 Å². The van der Waals surface area contributed by atoms with Crippen molar-refractivity contribution < 1.29 is 9.84 Å². The molecule has 1 N–H and O–H groups in total. The highest BCUT2D eigenvalue weighted by atomic mass is 16.5. The van der Waals surface area contributed by atoms with Gasteiger partial charge in [0.2, 0.25) is 0 Å². The number of hydrogen-bond donors (Lipinski definition) is 1. The Morgan fingerprint density at radius 2 is 1.74 bits per heavy atom. The molecule has 1 saturated heterocycles. The van der Waals surface area contributed by atoms with E-state index < -0.39 is 0 Å². The van der Waals surface area contributed by atoms with Gasteiger partial charge in [0.15, 0.2) is 0 Å². The lowest BCUT2D eigenvalue weighted by Gasteiger charge is -2.40. The van der Waals surface area contributed by atoms with Crippen LogP contribution >= 0.6 is 0 Å². The van der Waals surface area contributed by atoms with Crippen molar-refractivity contribution in [1.82, 2.24) is 4.90 Å². The molecular weight excluding hydrogens is 238 g/mol. The summed E-state index contributed by atoms with van der Waals surface area (Å²) in [5.41, 5.74) is 0.281. The van der Waals surface area contributed by atoms with Crippen molar-refractivity contribution in [2.75, 3.05) is 19.7 Å². The number of aromatic hydroxyl groups is 1. The topological polar surface area (TPSA) is 32.7 Å². The SMILES string of the molecule is CC(C)(C)N1CCC(COc2ccc(O)cc2)CC1. The van der Waals surface area contributed by atoms with Gasteiger partial charge in [-0.05, 0) is 76.9 Å². The first kappa shape index (κ1) is 14.2. The number of nitrogens with zero attached hydrogens (tertiary/aromatic N) is 1. The van der Waals surface area contributed by atoms with E-state index >= 15 is 0 Å². The lowest BCUT2D eigenvalue weighted by molar-refractivity contribution is 0.0721. The van der Waals surface area contributed by atoms with Gasteiger partial charge in [-0.3, -0.25) is 4.90 Å². The first-order valence-corrected chi connectivity index (χ1v) is 7.12. The Kier molecular flexibility index (Phi) is 4.35. The fourth-order valence-electron chi connectivity index (χ4n) is 2.53. The van der Waals surface area contributed by atoms with E-state index in [2.05, 4.69) is 25.7 Å². The molecule has 1 aliphatic rings. The molecule has 1 aliphatic heterocycles. The number of rotatable bonds is 3. The van der Waals surface area contributed by atoms with Crippen LogP contribution < -0.4 is 4.74 Å². The van der Waals surface area contributed by atoms with Crippen LogP contribution in [-0.2, 0) is 0 Å². The summed E-state index contributed by atoms with van der Waals surface area (Å²) in [5, 5.41) is 9.22. The molecule has 2 rings (SSSR count). The van der Waals surface area contributed by atoms with Gasteiger partial charge >= 0.3 is 0 Å². The molecule has 0 amide bonds. The van der Waals surface area contributed by atoms with E-state index in [1.807, 2.05) is 12.1 Å². The fourth-order valence-corrected chi connectivity index (χ4v) is 2.53. The van der Waals surface area contributed by atoms with Gasteiger partial charge in [0.25, 0.3) is 0 Å². The summed E-state index contributed by atoms with van der Waals surface area (Å²) in [6.07, 6.45) is 2.41. The van der Waals surface area contributed by atoms with Crippen molar-refractivity contribution >= 4 is 0 Å². The smallest absolute Gasteiger partial charge is 0.119 e. The maximum atomic E-state index is 9.22. The standard InChI is InChI=1S/C16H25NO2/c1-16(2,3)17-10-8-13(9-11-17)12-19-15-6-4-14(18)5-7-15/h4-7,13,18H,8-12H2,1-3H3. The summed E-state index contributed by atoms with van der Waals surface area (Å²) in [4.78, 5) is 2.55. The van der Waals surface area contributed by atoms with E-state index in [0.717, 1.165) is 25.4 Å². The van der Waals surface area contributed by atoms with E-state index in [1.165, 1.54) is 12.8 Å². The quantitative estimate of drug-likeness (QED) is 0.908. The molecule has 0 saturated carbocycles. The first-order chi connectivity index (χ1) is 8.95. The van der Waals surface area contributed by atoms with E-state index in [4.69, 9.17) is 4.74 Å². The van der Waals surface area contributed by atoms with Crippen molar-refractivity contribution in [1.29, 1.82) is 0 Å². The molecule has 0 unspecified atom stereocenters. The Bertz CT molecular complexity index is 386. The highest BCUT2D eigenvalue weighted by Gasteiger charge is 2.27. The van der Waals surface area contributed by atoms with Crippen molar-refractivity contribution in [3.8, 4) is 11.5 Å². The van der Waals surface area contributed by atoms with Gasteiger partial charge in [-0.2, -0.15) is 0 Å². The highest BCUT2D eigenvalue weighted by molar-refractivity contribution is 5.30. The number of phenols is 1. The molecule has 1 heterocycles. The van der Waals surface area contributed by atoms with Crippen LogP contribution in [0.2, 0.25) is 0 Å². The van der Waals surface area contributed by atoms with Gasteiger partial charge in [-0.15, -0.1) is 0 Å². The third-order valence-electron chi connectivity index (χ3n) is 3.89. The third kappa shape index (κ3) is 4.13. The minimum absolute atomic E-state index is 0.281. The lowest BCUT2D eigenvalue weighted by Crippen LogP contribution is -2.46.